The zero-order valence-electron chi connectivity index (χ0n) is 39.6. The fourth-order valence-electron chi connectivity index (χ4n) is 8.05. The number of nitrogens with one attached hydrogen (secondary N) is 5. The first-order chi connectivity index (χ1) is 34.2. The topological polar surface area (TPSA) is 280 Å². The lowest BCUT2D eigenvalue weighted by Crippen LogP contribution is -2.30. The summed E-state index contributed by atoms with van der Waals surface area (Å²) in [4.78, 5) is 98.8. The van der Waals surface area contributed by atoms with E-state index in [4.69, 9.17) is 20.1 Å². The third kappa shape index (κ3) is 8.84. The Morgan fingerprint density at radius 1 is 0.634 bits per heavy atom. The standard InChI is InChI=1S/C49H46N18O4/c1-24(2)8-38(68)56-30-9-26(13-50-17-30)28-11-32-41(62-63-43(32)54-15-28)44-58-37-22-53-20-35(40(37)60-44)49(71)66(7)23-67-46-33(12-29(16-55-46)27-10-31(18-51-14-27)57-47(69)25(3)4)42(64-67)45-59-36-21-52-19-34(39(36)61-45)48(70)65(5)6/h9-22,24-25H,8,23H2,1-7H3,(H,56,68)(H,57,69)(H,58,60)(H,59,61)(H,54,62,63). The van der Waals surface area contributed by atoms with Gasteiger partial charge in [0.15, 0.2) is 22.9 Å². The van der Waals surface area contributed by atoms with E-state index in [1.807, 2.05) is 52.0 Å². The van der Waals surface area contributed by atoms with Gasteiger partial charge in [-0.3, -0.25) is 44.2 Å². The Bertz CT molecular complexity index is 3730. The van der Waals surface area contributed by atoms with Gasteiger partial charge in [0.25, 0.3) is 11.8 Å². The van der Waals surface area contributed by atoms with Crippen molar-refractivity contribution in [1.29, 1.82) is 0 Å². The highest BCUT2D eigenvalue weighted by molar-refractivity contribution is 6.07. The lowest BCUT2D eigenvalue weighted by Gasteiger charge is -2.17. The number of pyridine rings is 6. The van der Waals surface area contributed by atoms with Crippen molar-refractivity contribution in [2.24, 2.45) is 11.8 Å². The molecular weight excluding hydrogens is 905 g/mol. The highest BCUT2D eigenvalue weighted by Gasteiger charge is 2.25. The Hall–Kier alpha value is -9.34. The SMILES string of the molecule is CC(C)CC(=O)Nc1cncc(-c2cnc3[nH]nc(-c4nc5c(C(=O)N(C)Cn6nc(-c7nc8c(C(=O)N(C)C)cncc8[nH]7)c7cc(-c8cncc(NC(=O)C(C)C)c8)cnc76)cncc5[nH]4)c3c2)c1. The minimum Gasteiger partial charge on any atom is -0.345 e. The molecular formula is C49H46N18O4. The van der Waals surface area contributed by atoms with Gasteiger partial charge in [-0.15, -0.1) is 0 Å². The Morgan fingerprint density at radius 2 is 1.20 bits per heavy atom. The maximum atomic E-state index is 14.5. The molecule has 0 spiro atoms. The average Bonchev–Trinajstić information content (AvgIpc) is 4.17. The van der Waals surface area contributed by atoms with Crippen LogP contribution in [-0.2, 0) is 16.3 Å². The van der Waals surface area contributed by atoms with E-state index in [9.17, 15) is 19.2 Å². The number of carbonyl (C=O) groups excluding carboxylic acids is 4. The number of hydrogen-bond donors (Lipinski definition) is 5. The number of hydrogen-bond acceptors (Lipinski definition) is 14. The van der Waals surface area contributed by atoms with Crippen LogP contribution in [0.2, 0.25) is 0 Å². The Morgan fingerprint density at radius 3 is 1.82 bits per heavy atom. The van der Waals surface area contributed by atoms with E-state index in [1.54, 1.807) is 75.4 Å². The van der Waals surface area contributed by atoms with E-state index in [2.05, 4.69) is 55.7 Å². The lowest BCUT2D eigenvalue weighted by atomic mass is 10.1. The zero-order valence-corrected chi connectivity index (χ0v) is 39.6. The number of nitrogens with zero attached hydrogens (tertiary/aromatic N) is 13. The second kappa shape index (κ2) is 18.3. The summed E-state index contributed by atoms with van der Waals surface area (Å²) < 4.78 is 1.59. The molecule has 0 fully saturated rings. The summed E-state index contributed by atoms with van der Waals surface area (Å²) in [6.45, 7) is 7.53. The molecule has 10 heterocycles. The van der Waals surface area contributed by atoms with Crippen LogP contribution >= 0.6 is 0 Å². The molecule has 10 aromatic rings. The molecule has 71 heavy (non-hydrogen) atoms. The highest BCUT2D eigenvalue weighted by Crippen LogP contribution is 2.34. The van der Waals surface area contributed by atoms with Crippen LogP contribution in [-0.4, -0.2) is 124 Å². The number of aromatic nitrogens is 14. The van der Waals surface area contributed by atoms with Crippen LogP contribution in [0.4, 0.5) is 11.4 Å². The van der Waals surface area contributed by atoms with Crippen molar-refractivity contribution in [2.45, 2.75) is 40.8 Å². The molecule has 0 atom stereocenters. The van der Waals surface area contributed by atoms with Crippen molar-refractivity contribution in [3.63, 3.8) is 0 Å². The van der Waals surface area contributed by atoms with E-state index >= 15 is 0 Å². The molecule has 22 heteroatoms. The van der Waals surface area contributed by atoms with E-state index in [1.165, 1.54) is 22.2 Å². The van der Waals surface area contributed by atoms with E-state index in [-0.39, 0.29) is 41.8 Å². The number of imidazole rings is 2. The van der Waals surface area contributed by atoms with Gasteiger partial charge in [-0.1, -0.05) is 27.7 Å². The smallest absolute Gasteiger partial charge is 0.258 e. The maximum absolute atomic E-state index is 14.5. The van der Waals surface area contributed by atoms with Crippen LogP contribution in [0.25, 0.3) is 89.4 Å². The lowest BCUT2D eigenvalue weighted by molar-refractivity contribution is -0.119. The molecule has 0 saturated heterocycles. The molecule has 0 aliphatic rings. The number of carbonyl (C=O) groups is 4. The molecule has 0 unspecified atom stereocenters. The van der Waals surface area contributed by atoms with Gasteiger partial charge < -0.3 is 30.4 Å². The second-order valence-corrected chi connectivity index (χ2v) is 18.0. The largest absolute Gasteiger partial charge is 0.345 e. The molecule has 0 radical (unpaired) electrons. The minimum absolute atomic E-state index is 0.0598. The molecule has 0 aromatic carbocycles. The van der Waals surface area contributed by atoms with Crippen LogP contribution in [0.3, 0.4) is 0 Å². The molecule has 0 bridgehead atoms. The molecule has 10 aromatic heterocycles. The number of H-pyrrole nitrogens is 3. The number of aromatic amines is 3. The summed E-state index contributed by atoms with van der Waals surface area (Å²) in [5.41, 5.74) is 8.08. The molecule has 5 N–H and O–H groups in total. The predicted octanol–water partition coefficient (Wildman–Crippen LogP) is 6.71. The first kappa shape index (κ1) is 45.4. The molecule has 10 rings (SSSR count). The summed E-state index contributed by atoms with van der Waals surface area (Å²) >= 11 is 0. The van der Waals surface area contributed by atoms with E-state index < -0.39 is 5.91 Å². The maximum Gasteiger partial charge on any atom is 0.258 e. The summed E-state index contributed by atoms with van der Waals surface area (Å²) in [7, 11) is 4.95. The fraction of sp³-hybridized carbons (Fsp3) is 0.224. The van der Waals surface area contributed by atoms with Crippen LogP contribution in [0.1, 0.15) is 54.8 Å². The monoisotopic (exact) mass is 950 g/mol. The third-order valence-corrected chi connectivity index (χ3v) is 11.6. The van der Waals surface area contributed by atoms with Crippen LogP contribution in [0, 0.1) is 11.8 Å². The highest BCUT2D eigenvalue weighted by atomic mass is 16.2. The summed E-state index contributed by atoms with van der Waals surface area (Å²) in [5.74, 6) is -0.213. The van der Waals surface area contributed by atoms with Gasteiger partial charge in [0.1, 0.15) is 29.1 Å². The van der Waals surface area contributed by atoms with Crippen LogP contribution in [0.15, 0.2) is 86.2 Å². The minimum atomic E-state index is -0.403. The molecule has 0 saturated carbocycles. The van der Waals surface area contributed by atoms with Gasteiger partial charge in [0.05, 0.1) is 69.1 Å². The zero-order chi connectivity index (χ0) is 49.7. The summed E-state index contributed by atoms with van der Waals surface area (Å²) in [6, 6.07) is 7.45. The molecule has 356 valence electrons. The van der Waals surface area contributed by atoms with Crippen molar-refractivity contribution in [3.8, 4) is 45.3 Å². The van der Waals surface area contributed by atoms with Gasteiger partial charge in [-0.05, 0) is 30.2 Å². The van der Waals surface area contributed by atoms with Crippen molar-refractivity contribution < 1.29 is 19.2 Å². The Kier molecular flexibility index (Phi) is 11.7. The molecule has 4 amide bonds. The first-order valence-electron chi connectivity index (χ1n) is 22.6. The normalized spacial score (nSPS) is 11.6. The number of rotatable bonds is 13. The summed E-state index contributed by atoms with van der Waals surface area (Å²) in [6.07, 6.45) is 16.4. The van der Waals surface area contributed by atoms with Crippen molar-refractivity contribution >= 4 is 79.1 Å². The molecule has 0 aliphatic heterocycles. The van der Waals surface area contributed by atoms with Gasteiger partial charge in [-0.2, -0.15) is 10.2 Å². The van der Waals surface area contributed by atoms with Gasteiger partial charge in [0, 0.05) is 92.9 Å². The third-order valence-electron chi connectivity index (χ3n) is 11.6. The summed E-state index contributed by atoms with van der Waals surface area (Å²) in [5, 5.41) is 19.6. The quantitative estimate of drug-likeness (QED) is 0.0803. The van der Waals surface area contributed by atoms with Crippen LogP contribution < -0.4 is 10.6 Å². The first-order valence-corrected chi connectivity index (χ1v) is 22.6. The Balaban J connectivity index is 0.980. The number of anilines is 2. The number of amides is 4. The predicted molar refractivity (Wildman–Crippen MR) is 265 cm³/mol. The molecule has 0 aliphatic carbocycles. The average molecular weight is 951 g/mol. The second-order valence-electron chi connectivity index (χ2n) is 18.0. The van der Waals surface area contributed by atoms with Crippen molar-refractivity contribution in [3.05, 3.63) is 97.4 Å². The molecule has 22 nitrogen and oxygen atoms in total. The van der Waals surface area contributed by atoms with Gasteiger partial charge >= 0.3 is 0 Å². The number of fused-ring (bicyclic) bond motifs is 4. The Labute approximate surface area is 403 Å². The van der Waals surface area contributed by atoms with Crippen LogP contribution in [0.5, 0.6) is 0 Å². The van der Waals surface area contributed by atoms with Gasteiger partial charge in [-0.25, -0.2) is 24.6 Å². The van der Waals surface area contributed by atoms with Crippen molar-refractivity contribution in [1.82, 2.24) is 79.6 Å². The van der Waals surface area contributed by atoms with E-state index in [0.717, 1.165) is 11.1 Å². The van der Waals surface area contributed by atoms with Crippen molar-refractivity contribution in [2.75, 3.05) is 31.8 Å². The van der Waals surface area contributed by atoms with E-state index in [0.29, 0.717) is 102 Å². The van der Waals surface area contributed by atoms with Gasteiger partial charge in [0.2, 0.25) is 11.8 Å². The fourth-order valence-corrected chi connectivity index (χ4v) is 8.05.